The van der Waals surface area contributed by atoms with Crippen molar-refractivity contribution in [3.8, 4) is 0 Å². The van der Waals surface area contributed by atoms with Gasteiger partial charge in [0, 0.05) is 6.54 Å². The molecule has 0 aromatic heterocycles. The third-order valence-electron chi connectivity index (χ3n) is 5.01. The maximum atomic E-state index is 12.2. The first kappa shape index (κ1) is 16.8. The molecular weight excluding hydrogens is 312 g/mol. The molecule has 1 aliphatic carbocycles. The average Bonchev–Trinajstić information content (AvgIpc) is 3.23. The van der Waals surface area contributed by atoms with Crippen molar-refractivity contribution in [1.29, 1.82) is 0 Å². The Kier molecular flexibility index (Phi) is 4.24. The minimum atomic E-state index is -0.471. The fourth-order valence-corrected chi connectivity index (χ4v) is 2.77. The zero-order valence-corrected chi connectivity index (χ0v) is 14.9. The molecule has 1 saturated heterocycles. The lowest BCUT2D eigenvalue weighted by Gasteiger charge is -2.32. The van der Waals surface area contributed by atoms with Gasteiger partial charge in [-0.2, -0.15) is 0 Å². The normalized spacial score (nSPS) is 22.2. The Morgan fingerprint density at radius 3 is 2.39 bits per heavy atom. The first-order valence-electron chi connectivity index (χ1n) is 8.13. The first-order chi connectivity index (χ1) is 10.7. The number of amides is 1. The number of carbonyl (C=O) groups is 1. The van der Waals surface area contributed by atoms with Gasteiger partial charge >= 0.3 is 7.12 Å². The molecule has 1 amide bonds. The molecule has 3 rings (SSSR count). The van der Waals surface area contributed by atoms with Crippen molar-refractivity contribution < 1.29 is 14.1 Å². The molecule has 2 aliphatic rings. The smallest absolute Gasteiger partial charge is 0.399 e. The molecule has 1 saturated carbocycles. The summed E-state index contributed by atoms with van der Waals surface area (Å²) in [6.07, 6.45) is 2.41. The second-order valence-electron chi connectivity index (χ2n) is 7.48. The Balaban J connectivity index is 1.73. The molecule has 0 atom stereocenters. The van der Waals surface area contributed by atoms with E-state index in [-0.39, 0.29) is 5.91 Å². The molecule has 2 fully saturated rings. The van der Waals surface area contributed by atoms with E-state index in [1.165, 1.54) is 12.8 Å². The summed E-state index contributed by atoms with van der Waals surface area (Å²) in [4.78, 5) is 12.2. The predicted molar refractivity (Wildman–Crippen MR) is 92.2 cm³/mol. The maximum absolute atomic E-state index is 12.2. The van der Waals surface area contributed by atoms with Crippen LogP contribution in [-0.4, -0.2) is 30.8 Å². The topological polar surface area (TPSA) is 47.6 Å². The quantitative estimate of drug-likeness (QED) is 0.861. The van der Waals surface area contributed by atoms with Crippen LogP contribution < -0.4 is 10.8 Å². The van der Waals surface area contributed by atoms with Gasteiger partial charge in [-0.05, 0) is 64.1 Å². The van der Waals surface area contributed by atoms with Gasteiger partial charge in [0.2, 0.25) is 0 Å². The van der Waals surface area contributed by atoms with Gasteiger partial charge in [-0.25, -0.2) is 0 Å². The van der Waals surface area contributed by atoms with E-state index in [4.69, 9.17) is 20.9 Å². The molecule has 1 aromatic rings. The molecule has 23 heavy (non-hydrogen) atoms. The highest BCUT2D eigenvalue weighted by Crippen LogP contribution is 2.36. The van der Waals surface area contributed by atoms with Crippen LogP contribution in [0.1, 0.15) is 50.9 Å². The second kappa shape index (κ2) is 5.80. The Bertz CT molecular complexity index is 612. The molecule has 1 aromatic carbocycles. The summed E-state index contributed by atoms with van der Waals surface area (Å²) < 4.78 is 12.0. The van der Waals surface area contributed by atoms with Crippen molar-refractivity contribution in [3.05, 3.63) is 28.8 Å². The molecule has 0 radical (unpaired) electrons. The minimum absolute atomic E-state index is 0.123. The van der Waals surface area contributed by atoms with Gasteiger partial charge in [0.05, 0.1) is 21.8 Å². The molecular formula is C17H23BClNO3. The SMILES string of the molecule is CC1(C)OB(c2ccc(C(=O)NCC3CC3)c(Cl)c2)OC1(C)C. The Morgan fingerprint density at radius 1 is 1.26 bits per heavy atom. The standard InChI is InChI=1S/C17H23BClNO3/c1-16(2)17(3,4)23-18(22-16)12-7-8-13(14(19)9-12)15(21)20-10-11-5-6-11/h7-9,11H,5-6,10H2,1-4H3,(H,20,21). The van der Waals surface area contributed by atoms with Crippen LogP contribution in [0.25, 0.3) is 0 Å². The Morgan fingerprint density at radius 2 is 1.87 bits per heavy atom. The van der Waals surface area contributed by atoms with Crippen LogP contribution in [0, 0.1) is 5.92 Å². The van der Waals surface area contributed by atoms with Gasteiger partial charge in [0.25, 0.3) is 5.91 Å². The van der Waals surface area contributed by atoms with E-state index in [0.29, 0.717) is 16.5 Å². The van der Waals surface area contributed by atoms with Crippen LogP contribution in [0.2, 0.25) is 5.02 Å². The summed E-state index contributed by atoms with van der Waals surface area (Å²) in [5.41, 5.74) is 0.523. The first-order valence-corrected chi connectivity index (χ1v) is 8.51. The summed E-state index contributed by atoms with van der Waals surface area (Å²) >= 11 is 6.30. The number of benzene rings is 1. The average molecular weight is 336 g/mol. The molecule has 0 unspecified atom stereocenters. The van der Waals surface area contributed by atoms with Gasteiger partial charge in [-0.3, -0.25) is 4.79 Å². The fraction of sp³-hybridized carbons (Fsp3) is 0.588. The monoisotopic (exact) mass is 335 g/mol. The van der Waals surface area contributed by atoms with Crippen molar-refractivity contribution in [2.24, 2.45) is 5.92 Å². The minimum Gasteiger partial charge on any atom is -0.399 e. The predicted octanol–water partition coefficient (Wildman–Crippen LogP) is 2.78. The second-order valence-corrected chi connectivity index (χ2v) is 7.89. The highest BCUT2D eigenvalue weighted by Gasteiger charge is 2.51. The number of rotatable bonds is 4. The van der Waals surface area contributed by atoms with Crippen molar-refractivity contribution in [3.63, 3.8) is 0 Å². The molecule has 4 nitrogen and oxygen atoms in total. The van der Waals surface area contributed by atoms with Gasteiger partial charge in [-0.15, -0.1) is 0 Å². The lowest BCUT2D eigenvalue weighted by Crippen LogP contribution is -2.41. The third kappa shape index (κ3) is 3.42. The summed E-state index contributed by atoms with van der Waals surface area (Å²) in [5, 5.41) is 3.35. The van der Waals surface area contributed by atoms with Crippen LogP contribution >= 0.6 is 11.6 Å². The largest absolute Gasteiger partial charge is 0.494 e. The third-order valence-corrected chi connectivity index (χ3v) is 5.32. The van der Waals surface area contributed by atoms with Crippen molar-refractivity contribution in [1.82, 2.24) is 5.32 Å². The number of halogens is 1. The van der Waals surface area contributed by atoms with E-state index >= 15 is 0 Å². The Hall–Kier alpha value is -1.04. The lowest BCUT2D eigenvalue weighted by molar-refractivity contribution is 0.00578. The van der Waals surface area contributed by atoms with Gasteiger partial charge in [0.1, 0.15) is 0 Å². The molecule has 1 N–H and O–H groups in total. The van der Waals surface area contributed by atoms with Crippen molar-refractivity contribution in [2.75, 3.05) is 6.54 Å². The van der Waals surface area contributed by atoms with Crippen LogP contribution in [-0.2, 0) is 9.31 Å². The van der Waals surface area contributed by atoms with Gasteiger partial charge < -0.3 is 14.6 Å². The van der Waals surface area contributed by atoms with Crippen molar-refractivity contribution >= 4 is 30.1 Å². The molecule has 1 aliphatic heterocycles. The summed E-state index contributed by atoms with van der Waals surface area (Å²) in [5.74, 6) is 0.518. The van der Waals surface area contributed by atoms with Crippen LogP contribution in [0.3, 0.4) is 0 Å². The maximum Gasteiger partial charge on any atom is 0.494 e. The van der Waals surface area contributed by atoms with E-state index < -0.39 is 18.3 Å². The fourth-order valence-electron chi connectivity index (χ4n) is 2.50. The number of hydrogen-bond donors (Lipinski definition) is 1. The summed E-state index contributed by atoms with van der Waals surface area (Å²) in [6, 6.07) is 5.35. The zero-order valence-electron chi connectivity index (χ0n) is 14.1. The van der Waals surface area contributed by atoms with Crippen LogP contribution in [0.15, 0.2) is 18.2 Å². The van der Waals surface area contributed by atoms with Crippen LogP contribution in [0.4, 0.5) is 0 Å². The summed E-state index contributed by atoms with van der Waals surface area (Å²) in [7, 11) is -0.471. The van der Waals surface area contributed by atoms with E-state index in [1.54, 1.807) is 12.1 Å². The molecule has 1 heterocycles. The highest BCUT2D eigenvalue weighted by molar-refractivity contribution is 6.62. The Labute approximate surface area is 143 Å². The van der Waals surface area contributed by atoms with Crippen LogP contribution in [0.5, 0.6) is 0 Å². The van der Waals surface area contributed by atoms with E-state index in [9.17, 15) is 4.79 Å². The molecule has 0 bridgehead atoms. The van der Waals surface area contributed by atoms with Crippen molar-refractivity contribution in [2.45, 2.75) is 51.7 Å². The number of hydrogen-bond acceptors (Lipinski definition) is 3. The van der Waals surface area contributed by atoms with Gasteiger partial charge in [0.15, 0.2) is 0 Å². The molecule has 124 valence electrons. The number of nitrogens with one attached hydrogen (secondary N) is 1. The summed E-state index contributed by atoms with van der Waals surface area (Å²) in [6.45, 7) is 8.76. The van der Waals surface area contributed by atoms with E-state index in [0.717, 1.165) is 12.0 Å². The zero-order chi connectivity index (χ0) is 16.8. The number of carbonyl (C=O) groups excluding carboxylic acids is 1. The molecule has 6 heteroatoms. The van der Waals surface area contributed by atoms with Gasteiger partial charge in [-0.1, -0.05) is 17.7 Å². The van der Waals surface area contributed by atoms with E-state index in [2.05, 4.69) is 5.32 Å². The highest BCUT2D eigenvalue weighted by atomic mass is 35.5. The van der Waals surface area contributed by atoms with E-state index in [1.807, 2.05) is 33.8 Å². The molecule has 0 spiro atoms. The lowest BCUT2D eigenvalue weighted by atomic mass is 9.79.